The summed E-state index contributed by atoms with van der Waals surface area (Å²) >= 11 is 0. The molecule has 1 heterocycles. The number of hydrogen-bond donors (Lipinski definition) is 3. The van der Waals surface area contributed by atoms with Gasteiger partial charge in [0.05, 0.1) is 17.6 Å². The third kappa shape index (κ3) is 7.79. The zero-order chi connectivity index (χ0) is 28.3. The summed E-state index contributed by atoms with van der Waals surface area (Å²) in [7, 11) is 0. The first-order valence-electron chi connectivity index (χ1n) is 14.3. The fourth-order valence-corrected chi connectivity index (χ4v) is 5.11. The maximum Gasteiger partial charge on any atom is 0.303 e. The van der Waals surface area contributed by atoms with Gasteiger partial charge in [-0.2, -0.15) is 0 Å². The molecular weight excluding hydrogens is 500 g/mol. The Kier molecular flexibility index (Phi) is 10.5. The molecule has 7 heteroatoms. The predicted molar refractivity (Wildman–Crippen MR) is 159 cm³/mol. The van der Waals surface area contributed by atoms with Crippen molar-refractivity contribution in [2.45, 2.75) is 64.8 Å². The topological polar surface area (TPSA) is 112 Å². The molecule has 5 rings (SSSR count). The van der Waals surface area contributed by atoms with Crippen LogP contribution in [0.1, 0.15) is 77.5 Å². The lowest BCUT2D eigenvalue weighted by Crippen LogP contribution is -2.32. The minimum Gasteiger partial charge on any atom is -0.481 e. The van der Waals surface area contributed by atoms with Crippen molar-refractivity contribution in [3.63, 3.8) is 0 Å². The number of nitrogens with zero attached hydrogens (tertiary/aromatic N) is 2. The number of aliphatic carboxylic acids is 1. The SMILES string of the molecule is CCC(=O)O.NCCCCCCN(Cc1nc2ccccc2[nH]1)C(=O)c1ccc2c(c1)Cc1ccccc1CC2. The molecule has 0 spiro atoms. The third-order valence-electron chi connectivity index (χ3n) is 7.37. The first-order chi connectivity index (χ1) is 19.5. The summed E-state index contributed by atoms with van der Waals surface area (Å²) in [4.78, 5) is 33.2. The fraction of sp³-hybridized carbons (Fsp3) is 0.364. The van der Waals surface area contributed by atoms with E-state index in [4.69, 9.17) is 15.8 Å². The van der Waals surface area contributed by atoms with E-state index in [0.717, 1.165) is 73.9 Å². The number of unbranched alkanes of at least 4 members (excludes halogenated alkanes) is 3. The summed E-state index contributed by atoms with van der Waals surface area (Å²) in [5.74, 6) is 0.153. The summed E-state index contributed by atoms with van der Waals surface area (Å²) in [6.45, 7) is 3.51. The van der Waals surface area contributed by atoms with Crippen LogP contribution in [0.15, 0.2) is 66.7 Å². The smallest absolute Gasteiger partial charge is 0.303 e. The number of imidazole rings is 1. The number of rotatable bonds is 10. The molecule has 0 bridgehead atoms. The molecular formula is C33H40N4O3. The number of nitrogens with two attached hydrogens (primary N) is 1. The van der Waals surface area contributed by atoms with Crippen molar-refractivity contribution >= 4 is 22.9 Å². The highest BCUT2D eigenvalue weighted by Crippen LogP contribution is 2.26. The summed E-state index contributed by atoms with van der Waals surface area (Å²) in [6, 6.07) is 23.0. The standard InChI is InChI=1S/C30H34N4O.C3H6O2/c31-17-7-1-2-8-18-34(21-29-32-27-11-5-6-12-28(27)33-29)30(35)25-16-15-23-14-13-22-9-3-4-10-24(22)19-26(23)20-25;1-2-3(4)5/h3-6,9-12,15-16,20H,1-2,7-8,13-14,17-19,21,31H2,(H,32,33);2H2,1H3,(H,4,5). The largest absolute Gasteiger partial charge is 0.481 e. The second-order valence-electron chi connectivity index (χ2n) is 10.3. The average molecular weight is 541 g/mol. The Balaban J connectivity index is 0.000000681. The van der Waals surface area contributed by atoms with E-state index < -0.39 is 5.97 Å². The van der Waals surface area contributed by atoms with Crippen LogP contribution in [0.2, 0.25) is 0 Å². The van der Waals surface area contributed by atoms with Gasteiger partial charge in [0.1, 0.15) is 5.82 Å². The highest BCUT2D eigenvalue weighted by molar-refractivity contribution is 5.94. The zero-order valence-corrected chi connectivity index (χ0v) is 23.4. The molecule has 0 saturated heterocycles. The molecule has 1 aliphatic carbocycles. The van der Waals surface area contributed by atoms with E-state index in [9.17, 15) is 9.59 Å². The molecule has 0 aliphatic heterocycles. The molecule has 4 N–H and O–H groups in total. The van der Waals surface area contributed by atoms with E-state index in [1.54, 1.807) is 6.92 Å². The highest BCUT2D eigenvalue weighted by Gasteiger charge is 2.20. The Morgan fingerprint density at radius 1 is 0.900 bits per heavy atom. The van der Waals surface area contributed by atoms with Crippen LogP contribution in [-0.2, 0) is 30.6 Å². The normalized spacial score (nSPS) is 12.1. The van der Waals surface area contributed by atoms with Gasteiger partial charge in [-0.05, 0) is 85.2 Å². The van der Waals surface area contributed by atoms with Crippen molar-refractivity contribution in [2.24, 2.45) is 5.73 Å². The quantitative estimate of drug-likeness (QED) is 0.217. The van der Waals surface area contributed by atoms with Gasteiger partial charge in [0.2, 0.25) is 0 Å². The van der Waals surface area contributed by atoms with E-state index in [-0.39, 0.29) is 12.3 Å². The Bertz CT molecular complexity index is 1400. The van der Waals surface area contributed by atoms with Gasteiger partial charge in [-0.1, -0.05) is 62.2 Å². The van der Waals surface area contributed by atoms with Crippen LogP contribution in [0, 0.1) is 0 Å². The number of para-hydroxylation sites is 2. The van der Waals surface area contributed by atoms with Crippen molar-refractivity contribution in [1.29, 1.82) is 0 Å². The second kappa shape index (κ2) is 14.4. The molecule has 0 fully saturated rings. The van der Waals surface area contributed by atoms with Crippen LogP contribution in [0.5, 0.6) is 0 Å². The lowest BCUT2D eigenvalue weighted by Gasteiger charge is -2.22. The minimum absolute atomic E-state index is 0.0737. The molecule has 0 saturated carbocycles. The second-order valence-corrected chi connectivity index (χ2v) is 10.3. The minimum atomic E-state index is -0.745. The monoisotopic (exact) mass is 540 g/mol. The number of carbonyl (C=O) groups is 2. The van der Waals surface area contributed by atoms with Gasteiger partial charge in [0, 0.05) is 18.5 Å². The molecule has 4 aromatic rings. The summed E-state index contributed by atoms with van der Waals surface area (Å²) < 4.78 is 0. The number of amides is 1. The van der Waals surface area contributed by atoms with Crippen molar-refractivity contribution in [1.82, 2.24) is 14.9 Å². The number of carboxylic acid groups (broad SMARTS) is 1. The first kappa shape index (κ1) is 29.0. The molecule has 0 radical (unpaired) electrons. The number of carboxylic acids is 1. The van der Waals surface area contributed by atoms with Crippen LogP contribution < -0.4 is 5.73 Å². The maximum atomic E-state index is 13.8. The van der Waals surface area contributed by atoms with Gasteiger partial charge < -0.3 is 20.7 Å². The Hall–Kier alpha value is -3.97. The number of nitrogens with one attached hydrogen (secondary N) is 1. The molecule has 0 unspecified atom stereocenters. The number of benzene rings is 3. The van der Waals surface area contributed by atoms with Crippen molar-refractivity contribution in [2.75, 3.05) is 13.1 Å². The van der Waals surface area contributed by atoms with Crippen molar-refractivity contribution in [3.8, 4) is 0 Å². The number of carbonyl (C=O) groups excluding carboxylic acids is 1. The molecule has 1 aromatic heterocycles. The Morgan fingerprint density at radius 2 is 1.57 bits per heavy atom. The molecule has 210 valence electrons. The predicted octanol–water partition coefficient (Wildman–Crippen LogP) is 5.89. The molecule has 3 aromatic carbocycles. The van der Waals surface area contributed by atoms with E-state index in [1.807, 2.05) is 35.2 Å². The third-order valence-corrected chi connectivity index (χ3v) is 7.37. The van der Waals surface area contributed by atoms with Gasteiger partial charge in [0.15, 0.2) is 0 Å². The zero-order valence-electron chi connectivity index (χ0n) is 23.4. The number of aromatic amines is 1. The van der Waals surface area contributed by atoms with Crippen molar-refractivity contribution in [3.05, 3.63) is 100 Å². The maximum absolute atomic E-state index is 13.8. The number of aryl methyl sites for hydroxylation is 2. The summed E-state index contributed by atoms with van der Waals surface area (Å²) in [6.07, 6.45) is 7.34. The first-order valence-corrected chi connectivity index (χ1v) is 14.3. The molecule has 1 aliphatic rings. The van der Waals surface area contributed by atoms with Crippen LogP contribution in [0.25, 0.3) is 11.0 Å². The van der Waals surface area contributed by atoms with Gasteiger partial charge in [0.25, 0.3) is 5.91 Å². The van der Waals surface area contributed by atoms with Crippen LogP contribution in [0.4, 0.5) is 0 Å². The van der Waals surface area contributed by atoms with Gasteiger partial charge in [-0.15, -0.1) is 0 Å². The Labute approximate surface area is 236 Å². The number of hydrogen-bond acceptors (Lipinski definition) is 4. The molecule has 7 nitrogen and oxygen atoms in total. The van der Waals surface area contributed by atoms with Crippen LogP contribution in [-0.4, -0.2) is 44.9 Å². The molecule has 0 atom stereocenters. The summed E-state index contributed by atoms with van der Waals surface area (Å²) in [5, 5.41) is 7.72. The van der Waals surface area contributed by atoms with Crippen LogP contribution in [0.3, 0.4) is 0 Å². The van der Waals surface area contributed by atoms with Crippen LogP contribution >= 0.6 is 0 Å². The van der Waals surface area contributed by atoms with E-state index >= 15 is 0 Å². The van der Waals surface area contributed by atoms with E-state index in [0.29, 0.717) is 13.1 Å². The number of aromatic nitrogens is 2. The Morgan fingerprint density at radius 3 is 2.30 bits per heavy atom. The van der Waals surface area contributed by atoms with E-state index in [1.165, 1.54) is 22.3 Å². The molecule has 40 heavy (non-hydrogen) atoms. The highest BCUT2D eigenvalue weighted by atomic mass is 16.4. The number of H-pyrrole nitrogens is 1. The summed E-state index contributed by atoms with van der Waals surface area (Å²) in [5.41, 5.74) is 13.8. The fourth-order valence-electron chi connectivity index (χ4n) is 5.11. The van der Waals surface area contributed by atoms with Gasteiger partial charge >= 0.3 is 5.97 Å². The molecule has 1 amide bonds. The lowest BCUT2D eigenvalue weighted by atomic mass is 9.98. The van der Waals surface area contributed by atoms with Gasteiger partial charge in [-0.25, -0.2) is 4.98 Å². The van der Waals surface area contributed by atoms with Gasteiger partial charge in [-0.3, -0.25) is 9.59 Å². The average Bonchev–Trinajstić information content (AvgIpc) is 3.29. The lowest BCUT2D eigenvalue weighted by molar-refractivity contribution is -0.136. The van der Waals surface area contributed by atoms with Crippen molar-refractivity contribution < 1.29 is 14.7 Å². The van der Waals surface area contributed by atoms with E-state index in [2.05, 4.69) is 41.4 Å². The number of fused-ring (bicyclic) bond motifs is 3.